The molecule has 1 aliphatic rings. The zero-order chi connectivity index (χ0) is 13.8. The first-order chi connectivity index (χ1) is 9.10. The van der Waals surface area contributed by atoms with E-state index in [1.54, 1.807) is 7.11 Å². The summed E-state index contributed by atoms with van der Waals surface area (Å²) in [5, 5.41) is 2.93. The van der Waals surface area contributed by atoms with Crippen LogP contribution in [0.25, 0.3) is 0 Å². The smallest absolute Gasteiger partial charge is 0.321 e. The Hall–Kier alpha value is -1.71. The third-order valence-electron chi connectivity index (χ3n) is 3.50. The normalized spacial score (nSPS) is 23.0. The number of nitrogens with zero attached hydrogens (tertiary/aromatic N) is 1. The molecule has 0 spiro atoms. The Kier molecular flexibility index (Phi) is 4.30. The maximum Gasteiger partial charge on any atom is 0.321 e. The number of para-hydroxylation sites is 2. The van der Waals surface area contributed by atoms with E-state index < -0.39 is 0 Å². The van der Waals surface area contributed by atoms with Crippen LogP contribution in [0.4, 0.5) is 10.5 Å². The monoisotopic (exact) mass is 262 g/mol. The lowest BCUT2D eigenvalue weighted by Crippen LogP contribution is -2.44. The van der Waals surface area contributed by atoms with E-state index in [0.717, 1.165) is 18.8 Å². The van der Waals surface area contributed by atoms with Crippen LogP contribution < -0.4 is 10.1 Å². The van der Waals surface area contributed by atoms with Crippen LogP contribution in [0.3, 0.4) is 0 Å². The van der Waals surface area contributed by atoms with Crippen molar-refractivity contribution in [2.45, 2.75) is 20.3 Å². The summed E-state index contributed by atoms with van der Waals surface area (Å²) in [5.41, 5.74) is 0.723. The molecular formula is C15H22N2O2. The van der Waals surface area contributed by atoms with Crippen LogP contribution in [0.15, 0.2) is 24.3 Å². The molecule has 0 bridgehead atoms. The summed E-state index contributed by atoms with van der Waals surface area (Å²) in [6.07, 6.45) is 1.19. The van der Waals surface area contributed by atoms with Gasteiger partial charge in [0.15, 0.2) is 0 Å². The molecule has 1 heterocycles. The number of urea groups is 1. The molecule has 0 aliphatic carbocycles. The van der Waals surface area contributed by atoms with Crippen molar-refractivity contribution in [2.24, 2.45) is 11.8 Å². The van der Waals surface area contributed by atoms with Gasteiger partial charge >= 0.3 is 6.03 Å². The topological polar surface area (TPSA) is 41.6 Å². The van der Waals surface area contributed by atoms with Gasteiger partial charge < -0.3 is 15.0 Å². The molecule has 2 amide bonds. The van der Waals surface area contributed by atoms with Crippen LogP contribution >= 0.6 is 0 Å². The Labute approximate surface area is 114 Å². The van der Waals surface area contributed by atoms with Gasteiger partial charge in [-0.05, 0) is 30.4 Å². The lowest BCUT2D eigenvalue weighted by atomic mass is 9.92. The molecule has 2 rings (SSSR count). The standard InChI is InChI=1S/C15H22N2O2/c1-11-8-12(2)10-17(9-11)15(18)16-13-6-4-5-7-14(13)19-3/h4-7,11-12H,8-10H2,1-3H3,(H,16,18). The molecule has 4 nitrogen and oxygen atoms in total. The second-order valence-corrected chi connectivity index (χ2v) is 5.48. The molecule has 1 saturated heterocycles. The van der Waals surface area contributed by atoms with E-state index in [9.17, 15) is 4.79 Å². The number of benzene rings is 1. The highest BCUT2D eigenvalue weighted by Crippen LogP contribution is 2.25. The van der Waals surface area contributed by atoms with E-state index in [0.29, 0.717) is 17.6 Å². The molecule has 0 aromatic heterocycles. The lowest BCUT2D eigenvalue weighted by molar-refractivity contribution is 0.156. The van der Waals surface area contributed by atoms with Crippen molar-refractivity contribution in [3.05, 3.63) is 24.3 Å². The number of hydrogen-bond acceptors (Lipinski definition) is 2. The van der Waals surface area contributed by atoms with Crippen molar-refractivity contribution < 1.29 is 9.53 Å². The van der Waals surface area contributed by atoms with E-state index >= 15 is 0 Å². The number of carbonyl (C=O) groups is 1. The van der Waals surface area contributed by atoms with Gasteiger partial charge in [-0.25, -0.2) is 4.79 Å². The highest BCUT2D eigenvalue weighted by atomic mass is 16.5. The SMILES string of the molecule is COc1ccccc1NC(=O)N1CC(C)CC(C)C1. The summed E-state index contributed by atoms with van der Waals surface area (Å²) < 4.78 is 5.24. The molecule has 19 heavy (non-hydrogen) atoms. The van der Waals surface area contributed by atoms with Crippen molar-refractivity contribution in [3.8, 4) is 5.75 Å². The zero-order valence-corrected chi connectivity index (χ0v) is 11.8. The van der Waals surface area contributed by atoms with Crippen LogP contribution in [0, 0.1) is 11.8 Å². The molecule has 1 aliphatic heterocycles. The van der Waals surface area contributed by atoms with Crippen LogP contribution in [-0.2, 0) is 0 Å². The summed E-state index contributed by atoms with van der Waals surface area (Å²) in [5.74, 6) is 1.81. The molecule has 4 heteroatoms. The van der Waals surface area contributed by atoms with E-state index in [-0.39, 0.29) is 6.03 Å². The molecule has 104 valence electrons. The van der Waals surface area contributed by atoms with Gasteiger partial charge in [-0.15, -0.1) is 0 Å². The number of hydrogen-bond donors (Lipinski definition) is 1. The third kappa shape index (κ3) is 3.40. The molecule has 1 aromatic rings. The number of nitrogens with one attached hydrogen (secondary N) is 1. The van der Waals surface area contributed by atoms with Crippen molar-refractivity contribution in [1.82, 2.24) is 4.90 Å². The summed E-state index contributed by atoms with van der Waals surface area (Å²) in [4.78, 5) is 14.2. The lowest BCUT2D eigenvalue weighted by Gasteiger charge is -2.35. The van der Waals surface area contributed by atoms with Gasteiger partial charge in [0, 0.05) is 13.1 Å². The van der Waals surface area contributed by atoms with E-state index in [1.807, 2.05) is 29.2 Å². The van der Waals surface area contributed by atoms with Crippen molar-refractivity contribution in [2.75, 3.05) is 25.5 Å². The molecule has 1 aromatic carbocycles. The molecule has 1 fully saturated rings. The van der Waals surface area contributed by atoms with Crippen LogP contribution in [0.1, 0.15) is 20.3 Å². The molecule has 2 unspecified atom stereocenters. The highest BCUT2D eigenvalue weighted by Gasteiger charge is 2.25. The maximum absolute atomic E-state index is 12.3. The number of ether oxygens (including phenoxy) is 1. The van der Waals surface area contributed by atoms with Crippen LogP contribution in [0.5, 0.6) is 5.75 Å². The zero-order valence-electron chi connectivity index (χ0n) is 11.8. The first-order valence-corrected chi connectivity index (χ1v) is 6.79. The number of rotatable bonds is 2. The van der Waals surface area contributed by atoms with Crippen molar-refractivity contribution >= 4 is 11.7 Å². The number of likely N-dealkylation sites (tertiary alicyclic amines) is 1. The first-order valence-electron chi connectivity index (χ1n) is 6.79. The fraction of sp³-hybridized carbons (Fsp3) is 0.533. The number of methoxy groups -OCH3 is 1. The Morgan fingerprint density at radius 3 is 2.53 bits per heavy atom. The third-order valence-corrected chi connectivity index (χ3v) is 3.50. The van der Waals surface area contributed by atoms with Gasteiger partial charge in [0.2, 0.25) is 0 Å². The summed E-state index contributed by atoms with van der Waals surface area (Å²) >= 11 is 0. The largest absolute Gasteiger partial charge is 0.495 e. The van der Waals surface area contributed by atoms with E-state index in [2.05, 4.69) is 19.2 Å². The van der Waals surface area contributed by atoms with Crippen LogP contribution in [0.2, 0.25) is 0 Å². The Balaban J connectivity index is 2.04. The van der Waals surface area contributed by atoms with E-state index in [4.69, 9.17) is 4.74 Å². The Bertz CT molecular complexity index is 438. The first kappa shape index (κ1) is 13.7. The summed E-state index contributed by atoms with van der Waals surface area (Å²) in [6, 6.07) is 7.44. The summed E-state index contributed by atoms with van der Waals surface area (Å²) in [7, 11) is 1.61. The Morgan fingerprint density at radius 2 is 1.89 bits per heavy atom. The van der Waals surface area contributed by atoms with Gasteiger partial charge in [0.25, 0.3) is 0 Å². The number of amides is 2. The van der Waals surface area contributed by atoms with Crippen LogP contribution in [-0.4, -0.2) is 31.1 Å². The van der Waals surface area contributed by atoms with Gasteiger partial charge in [-0.3, -0.25) is 0 Å². The summed E-state index contributed by atoms with van der Waals surface area (Å²) in [6.45, 7) is 6.04. The van der Waals surface area contributed by atoms with Gasteiger partial charge in [-0.2, -0.15) is 0 Å². The minimum Gasteiger partial charge on any atom is -0.495 e. The minimum absolute atomic E-state index is 0.0390. The highest BCUT2D eigenvalue weighted by molar-refractivity contribution is 5.91. The number of carbonyl (C=O) groups excluding carboxylic acids is 1. The van der Waals surface area contributed by atoms with Crippen molar-refractivity contribution in [1.29, 1.82) is 0 Å². The molecule has 0 saturated carbocycles. The van der Waals surface area contributed by atoms with Crippen molar-refractivity contribution in [3.63, 3.8) is 0 Å². The van der Waals surface area contributed by atoms with Gasteiger partial charge in [0.1, 0.15) is 5.75 Å². The second-order valence-electron chi connectivity index (χ2n) is 5.48. The quantitative estimate of drug-likeness (QED) is 0.889. The minimum atomic E-state index is -0.0390. The fourth-order valence-electron chi connectivity index (χ4n) is 2.77. The molecule has 2 atom stereocenters. The van der Waals surface area contributed by atoms with Gasteiger partial charge in [0.05, 0.1) is 12.8 Å². The predicted molar refractivity (Wildman–Crippen MR) is 76.5 cm³/mol. The fourth-order valence-corrected chi connectivity index (χ4v) is 2.77. The molecule has 0 radical (unpaired) electrons. The van der Waals surface area contributed by atoms with Gasteiger partial charge in [-0.1, -0.05) is 26.0 Å². The number of anilines is 1. The Morgan fingerprint density at radius 1 is 1.26 bits per heavy atom. The van der Waals surface area contributed by atoms with E-state index in [1.165, 1.54) is 6.42 Å². The molecule has 1 N–H and O–H groups in total. The number of piperidine rings is 1. The second kappa shape index (κ2) is 5.95. The molecular weight excluding hydrogens is 240 g/mol. The predicted octanol–water partition coefficient (Wildman–Crippen LogP) is 3.21. The average Bonchev–Trinajstić information content (AvgIpc) is 2.38. The average molecular weight is 262 g/mol. The maximum atomic E-state index is 12.3.